The van der Waals surface area contributed by atoms with E-state index in [2.05, 4.69) is 55.5 Å². The molecule has 82 valence electrons. The molecule has 1 aliphatic heterocycles. The predicted octanol–water partition coefficient (Wildman–Crippen LogP) is 1.61. The molecule has 0 bridgehead atoms. The molecule has 1 aromatic rings. The van der Waals surface area contributed by atoms with Gasteiger partial charge in [0.1, 0.15) is 0 Å². The molecule has 0 aliphatic carbocycles. The fourth-order valence-electron chi connectivity index (χ4n) is 2.36. The zero-order valence-corrected chi connectivity index (χ0v) is 9.83. The van der Waals surface area contributed by atoms with Crippen LogP contribution in [0.4, 0.5) is 0 Å². The molecule has 1 heterocycles. The van der Waals surface area contributed by atoms with Gasteiger partial charge in [0.25, 0.3) is 0 Å². The fourth-order valence-corrected chi connectivity index (χ4v) is 2.36. The van der Waals surface area contributed by atoms with Crippen molar-refractivity contribution in [2.75, 3.05) is 27.2 Å². The zero-order valence-electron chi connectivity index (χ0n) is 9.83. The zero-order chi connectivity index (χ0) is 10.8. The summed E-state index contributed by atoms with van der Waals surface area (Å²) in [5.74, 6) is 0.639. The lowest BCUT2D eigenvalue weighted by Gasteiger charge is -2.25. The highest BCUT2D eigenvalue weighted by atomic mass is 15.2. The third-order valence-electron chi connectivity index (χ3n) is 3.35. The van der Waals surface area contributed by atoms with E-state index < -0.39 is 0 Å². The van der Waals surface area contributed by atoms with Crippen molar-refractivity contribution >= 4 is 0 Å². The van der Waals surface area contributed by atoms with Gasteiger partial charge in [-0.2, -0.15) is 0 Å². The lowest BCUT2D eigenvalue weighted by Crippen LogP contribution is -2.33. The Labute approximate surface area is 92.3 Å². The summed E-state index contributed by atoms with van der Waals surface area (Å²) in [6, 6.07) is 9.58. The highest BCUT2D eigenvalue weighted by Crippen LogP contribution is 2.25. The summed E-state index contributed by atoms with van der Waals surface area (Å²) in [7, 11) is 4.33. The molecular formula is C13H20N2. The summed E-state index contributed by atoms with van der Waals surface area (Å²) in [6.45, 7) is 4.34. The standard InChI is InChI=1S/C13H20N2/c1-10-4-6-11(7-5-10)12-8-14-9-13(12)15(2)3/h4-7,12-14H,8-9H2,1-3H3. The molecule has 0 spiro atoms. The van der Waals surface area contributed by atoms with Gasteiger partial charge >= 0.3 is 0 Å². The highest BCUT2D eigenvalue weighted by molar-refractivity contribution is 5.27. The summed E-state index contributed by atoms with van der Waals surface area (Å²) < 4.78 is 0. The van der Waals surface area contributed by atoms with E-state index in [0.717, 1.165) is 13.1 Å². The quantitative estimate of drug-likeness (QED) is 0.787. The average molecular weight is 204 g/mol. The minimum atomic E-state index is 0.632. The van der Waals surface area contributed by atoms with Gasteiger partial charge in [0.15, 0.2) is 0 Å². The van der Waals surface area contributed by atoms with E-state index in [1.54, 1.807) is 0 Å². The van der Waals surface area contributed by atoms with Crippen LogP contribution in [0.2, 0.25) is 0 Å². The number of likely N-dealkylation sites (N-methyl/N-ethyl adjacent to an activating group) is 1. The number of aryl methyl sites for hydroxylation is 1. The van der Waals surface area contributed by atoms with E-state index in [1.807, 2.05) is 0 Å². The second kappa shape index (κ2) is 4.33. The van der Waals surface area contributed by atoms with Gasteiger partial charge in [0.2, 0.25) is 0 Å². The van der Waals surface area contributed by atoms with Crippen LogP contribution >= 0.6 is 0 Å². The van der Waals surface area contributed by atoms with E-state index in [0.29, 0.717) is 12.0 Å². The van der Waals surface area contributed by atoms with Crippen molar-refractivity contribution in [1.82, 2.24) is 10.2 Å². The first-order valence-electron chi connectivity index (χ1n) is 5.62. The van der Waals surface area contributed by atoms with Crippen LogP contribution in [0.25, 0.3) is 0 Å². The van der Waals surface area contributed by atoms with Gasteiger partial charge in [0.05, 0.1) is 0 Å². The smallest absolute Gasteiger partial charge is 0.0295 e. The van der Waals surface area contributed by atoms with Crippen LogP contribution in [0.3, 0.4) is 0 Å². The number of hydrogen-bond donors (Lipinski definition) is 1. The van der Waals surface area contributed by atoms with E-state index in [9.17, 15) is 0 Å². The number of hydrogen-bond acceptors (Lipinski definition) is 2. The largest absolute Gasteiger partial charge is 0.314 e. The van der Waals surface area contributed by atoms with E-state index in [1.165, 1.54) is 11.1 Å². The Balaban J connectivity index is 2.19. The number of rotatable bonds is 2. The van der Waals surface area contributed by atoms with Crippen LogP contribution in [0.15, 0.2) is 24.3 Å². The first-order valence-corrected chi connectivity index (χ1v) is 5.62. The van der Waals surface area contributed by atoms with E-state index in [-0.39, 0.29) is 0 Å². The predicted molar refractivity (Wildman–Crippen MR) is 64.3 cm³/mol. The van der Waals surface area contributed by atoms with Crippen LogP contribution in [-0.2, 0) is 0 Å². The second-order valence-corrected chi connectivity index (χ2v) is 4.71. The van der Waals surface area contributed by atoms with Crippen LogP contribution in [0, 0.1) is 6.92 Å². The Kier molecular flexibility index (Phi) is 3.08. The van der Waals surface area contributed by atoms with Gasteiger partial charge in [-0.3, -0.25) is 0 Å². The van der Waals surface area contributed by atoms with Gasteiger partial charge in [-0.15, -0.1) is 0 Å². The van der Waals surface area contributed by atoms with Crippen molar-refractivity contribution in [2.24, 2.45) is 0 Å². The summed E-state index contributed by atoms with van der Waals surface area (Å²) in [5, 5.41) is 3.48. The van der Waals surface area contributed by atoms with Crippen LogP contribution in [0.1, 0.15) is 17.0 Å². The normalized spacial score (nSPS) is 26.1. The Morgan fingerprint density at radius 3 is 2.40 bits per heavy atom. The van der Waals surface area contributed by atoms with Crippen molar-refractivity contribution in [3.63, 3.8) is 0 Å². The molecule has 0 aromatic heterocycles. The third-order valence-corrected chi connectivity index (χ3v) is 3.35. The van der Waals surface area contributed by atoms with Crippen molar-refractivity contribution in [3.05, 3.63) is 35.4 Å². The molecule has 2 atom stereocenters. The summed E-state index contributed by atoms with van der Waals surface area (Å²) in [5.41, 5.74) is 2.80. The van der Waals surface area contributed by atoms with Gasteiger partial charge in [-0.05, 0) is 26.6 Å². The van der Waals surface area contributed by atoms with Crippen molar-refractivity contribution in [3.8, 4) is 0 Å². The van der Waals surface area contributed by atoms with Gasteiger partial charge in [-0.1, -0.05) is 29.8 Å². The molecule has 1 aliphatic rings. The number of nitrogens with one attached hydrogen (secondary N) is 1. The molecule has 1 saturated heterocycles. The lowest BCUT2D eigenvalue weighted by molar-refractivity contribution is 0.291. The first-order chi connectivity index (χ1) is 7.18. The minimum absolute atomic E-state index is 0.632. The van der Waals surface area contributed by atoms with Crippen LogP contribution in [-0.4, -0.2) is 38.1 Å². The summed E-state index contributed by atoms with van der Waals surface area (Å²) in [6.07, 6.45) is 0. The SMILES string of the molecule is Cc1ccc(C2CNCC2N(C)C)cc1. The molecule has 1 aromatic carbocycles. The molecule has 2 heteroatoms. The van der Waals surface area contributed by atoms with Gasteiger partial charge in [-0.25, -0.2) is 0 Å². The molecule has 0 amide bonds. The topological polar surface area (TPSA) is 15.3 Å². The second-order valence-electron chi connectivity index (χ2n) is 4.71. The number of nitrogens with zero attached hydrogens (tertiary/aromatic N) is 1. The molecule has 1 fully saturated rings. The number of benzene rings is 1. The third kappa shape index (κ3) is 2.21. The summed E-state index contributed by atoms with van der Waals surface area (Å²) in [4.78, 5) is 2.32. The van der Waals surface area contributed by atoms with Gasteiger partial charge in [0, 0.05) is 25.0 Å². The molecule has 2 unspecified atom stereocenters. The summed E-state index contributed by atoms with van der Waals surface area (Å²) >= 11 is 0. The molecule has 15 heavy (non-hydrogen) atoms. The fraction of sp³-hybridized carbons (Fsp3) is 0.538. The molecule has 0 radical (unpaired) electrons. The molecule has 2 rings (SSSR count). The highest BCUT2D eigenvalue weighted by Gasteiger charge is 2.29. The molecule has 1 N–H and O–H groups in total. The van der Waals surface area contributed by atoms with Gasteiger partial charge < -0.3 is 10.2 Å². The maximum Gasteiger partial charge on any atom is 0.0295 e. The lowest BCUT2D eigenvalue weighted by atomic mass is 9.93. The van der Waals surface area contributed by atoms with Crippen molar-refractivity contribution in [2.45, 2.75) is 18.9 Å². The van der Waals surface area contributed by atoms with E-state index >= 15 is 0 Å². The maximum atomic E-state index is 3.48. The van der Waals surface area contributed by atoms with Crippen molar-refractivity contribution < 1.29 is 0 Å². The van der Waals surface area contributed by atoms with Crippen molar-refractivity contribution in [1.29, 1.82) is 0 Å². The Bertz CT molecular complexity index is 316. The first kappa shape index (κ1) is 10.7. The molecule has 2 nitrogen and oxygen atoms in total. The van der Waals surface area contributed by atoms with Crippen LogP contribution in [0.5, 0.6) is 0 Å². The molecular weight excluding hydrogens is 184 g/mol. The average Bonchev–Trinajstić information content (AvgIpc) is 2.67. The van der Waals surface area contributed by atoms with Crippen LogP contribution < -0.4 is 5.32 Å². The monoisotopic (exact) mass is 204 g/mol. The Hall–Kier alpha value is -0.860. The minimum Gasteiger partial charge on any atom is -0.314 e. The molecule has 0 saturated carbocycles. The Morgan fingerprint density at radius 1 is 1.13 bits per heavy atom. The van der Waals surface area contributed by atoms with E-state index in [4.69, 9.17) is 0 Å². The maximum absolute atomic E-state index is 3.48. The Morgan fingerprint density at radius 2 is 1.80 bits per heavy atom.